The van der Waals surface area contributed by atoms with Crippen LogP contribution >= 0.6 is 0 Å². The summed E-state index contributed by atoms with van der Waals surface area (Å²) < 4.78 is 10.4. The maximum atomic E-state index is 12.6. The van der Waals surface area contributed by atoms with E-state index < -0.39 is 5.41 Å². The second-order valence-corrected chi connectivity index (χ2v) is 6.19. The van der Waals surface area contributed by atoms with Gasteiger partial charge in [0.25, 0.3) is 0 Å². The maximum Gasteiger partial charge on any atom is 0.240 e. The second-order valence-electron chi connectivity index (χ2n) is 6.19. The Kier molecular flexibility index (Phi) is 5.70. The number of ether oxygens (including phenoxy) is 2. The zero-order chi connectivity index (χ0) is 17.7. The monoisotopic (exact) mass is 334 g/mol. The van der Waals surface area contributed by atoms with E-state index >= 15 is 0 Å². The average Bonchev–Trinajstić information content (AvgIpc) is 3.40. The third-order valence-electron chi connectivity index (χ3n) is 4.43. The molecule has 1 saturated carbocycles. The van der Waals surface area contributed by atoms with Crippen LogP contribution < -0.4 is 14.8 Å². The SMILES string of the molecule is CCCCN(C)C(=O)C1(C(=O)Nc2ccc(OC)c(OC)c2)CC1. The van der Waals surface area contributed by atoms with Gasteiger partial charge in [-0.15, -0.1) is 0 Å². The minimum atomic E-state index is -0.907. The molecular formula is C18H26N2O4. The molecule has 1 N–H and O–H groups in total. The van der Waals surface area contributed by atoms with Crippen LogP contribution in [0.15, 0.2) is 18.2 Å². The molecular weight excluding hydrogens is 308 g/mol. The van der Waals surface area contributed by atoms with Crippen molar-refractivity contribution in [1.29, 1.82) is 0 Å². The van der Waals surface area contributed by atoms with Crippen LogP contribution in [0.4, 0.5) is 5.69 Å². The number of hydrogen-bond donors (Lipinski definition) is 1. The molecule has 1 aliphatic rings. The molecule has 0 heterocycles. The Hall–Kier alpha value is -2.24. The first kappa shape index (κ1) is 18.1. The number of hydrogen-bond acceptors (Lipinski definition) is 4. The standard InChI is InChI=1S/C18H26N2O4/c1-5-6-11-20(2)17(22)18(9-10-18)16(21)19-13-7-8-14(23-3)15(12-13)24-4/h7-8,12H,5-6,9-11H2,1-4H3,(H,19,21). The molecule has 0 radical (unpaired) electrons. The van der Waals surface area contributed by atoms with Crippen LogP contribution in [0.25, 0.3) is 0 Å². The first-order valence-corrected chi connectivity index (χ1v) is 8.27. The lowest BCUT2D eigenvalue weighted by Gasteiger charge is -2.23. The highest BCUT2D eigenvalue weighted by atomic mass is 16.5. The van der Waals surface area contributed by atoms with Gasteiger partial charge in [-0.05, 0) is 31.4 Å². The maximum absolute atomic E-state index is 12.6. The molecule has 2 rings (SSSR count). The Balaban J connectivity index is 2.07. The lowest BCUT2D eigenvalue weighted by molar-refractivity contribution is -0.141. The van der Waals surface area contributed by atoms with Gasteiger partial charge >= 0.3 is 0 Å². The van der Waals surface area contributed by atoms with Crippen LogP contribution in [0.2, 0.25) is 0 Å². The van der Waals surface area contributed by atoms with Crippen molar-refractivity contribution in [3.8, 4) is 11.5 Å². The number of nitrogens with zero attached hydrogens (tertiary/aromatic N) is 1. The van der Waals surface area contributed by atoms with Gasteiger partial charge in [0.1, 0.15) is 5.41 Å². The molecule has 0 bridgehead atoms. The summed E-state index contributed by atoms with van der Waals surface area (Å²) in [7, 11) is 4.86. The molecule has 2 amide bonds. The van der Waals surface area contributed by atoms with Gasteiger partial charge in [0.05, 0.1) is 14.2 Å². The van der Waals surface area contributed by atoms with Crippen LogP contribution in [0.1, 0.15) is 32.6 Å². The third-order valence-corrected chi connectivity index (χ3v) is 4.43. The number of carbonyl (C=O) groups excluding carboxylic acids is 2. The van der Waals surface area contributed by atoms with Crippen molar-refractivity contribution in [2.45, 2.75) is 32.6 Å². The van der Waals surface area contributed by atoms with E-state index in [4.69, 9.17) is 9.47 Å². The first-order chi connectivity index (χ1) is 11.5. The number of nitrogens with one attached hydrogen (secondary N) is 1. The molecule has 24 heavy (non-hydrogen) atoms. The van der Waals surface area contributed by atoms with E-state index in [0.29, 0.717) is 36.6 Å². The van der Waals surface area contributed by atoms with Crippen molar-refractivity contribution < 1.29 is 19.1 Å². The first-order valence-electron chi connectivity index (χ1n) is 8.27. The lowest BCUT2D eigenvalue weighted by atomic mass is 10.0. The van der Waals surface area contributed by atoms with Gasteiger partial charge in [0, 0.05) is 25.3 Å². The normalized spacial score (nSPS) is 14.7. The molecule has 1 aromatic carbocycles. The van der Waals surface area contributed by atoms with E-state index in [2.05, 4.69) is 12.2 Å². The molecule has 0 saturated heterocycles. The van der Waals surface area contributed by atoms with Crippen LogP contribution in [0, 0.1) is 5.41 Å². The van der Waals surface area contributed by atoms with E-state index in [1.807, 2.05) is 0 Å². The third kappa shape index (κ3) is 3.63. The van der Waals surface area contributed by atoms with E-state index in [1.165, 1.54) is 7.11 Å². The summed E-state index contributed by atoms with van der Waals surface area (Å²) in [6.07, 6.45) is 3.15. The molecule has 132 valence electrons. The van der Waals surface area contributed by atoms with Gasteiger partial charge in [-0.2, -0.15) is 0 Å². The molecule has 1 aromatic rings. The fraction of sp³-hybridized carbons (Fsp3) is 0.556. The zero-order valence-electron chi connectivity index (χ0n) is 14.8. The van der Waals surface area contributed by atoms with Crippen molar-refractivity contribution in [2.24, 2.45) is 5.41 Å². The molecule has 1 aliphatic carbocycles. The minimum Gasteiger partial charge on any atom is -0.493 e. The van der Waals surface area contributed by atoms with Crippen molar-refractivity contribution in [1.82, 2.24) is 4.90 Å². The summed E-state index contributed by atoms with van der Waals surface area (Å²) >= 11 is 0. The Morgan fingerprint density at radius 1 is 1.21 bits per heavy atom. The number of anilines is 1. The van der Waals surface area contributed by atoms with Gasteiger partial charge in [-0.1, -0.05) is 13.3 Å². The molecule has 0 atom stereocenters. The highest BCUT2D eigenvalue weighted by molar-refractivity contribution is 6.13. The van der Waals surface area contributed by atoms with Gasteiger partial charge in [-0.25, -0.2) is 0 Å². The summed E-state index contributed by atoms with van der Waals surface area (Å²) in [6, 6.07) is 5.15. The Morgan fingerprint density at radius 3 is 2.42 bits per heavy atom. The highest BCUT2D eigenvalue weighted by Gasteiger charge is 2.57. The zero-order valence-corrected chi connectivity index (χ0v) is 14.8. The fourth-order valence-electron chi connectivity index (χ4n) is 2.69. The smallest absolute Gasteiger partial charge is 0.240 e. The van der Waals surface area contributed by atoms with Crippen molar-refractivity contribution in [3.05, 3.63) is 18.2 Å². The van der Waals surface area contributed by atoms with Crippen molar-refractivity contribution in [2.75, 3.05) is 33.1 Å². The van der Waals surface area contributed by atoms with Crippen LogP contribution in [0.5, 0.6) is 11.5 Å². The molecule has 6 nitrogen and oxygen atoms in total. The van der Waals surface area contributed by atoms with Gasteiger partial charge < -0.3 is 19.7 Å². The van der Waals surface area contributed by atoms with Crippen molar-refractivity contribution in [3.63, 3.8) is 0 Å². The topological polar surface area (TPSA) is 67.9 Å². The number of unbranched alkanes of at least 4 members (excludes halogenated alkanes) is 1. The van der Waals surface area contributed by atoms with Crippen LogP contribution in [-0.4, -0.2) is 44.5 Å². The number of rotatable bonds is 8. The lowest BCUT2D eigenvalue weighted by Crippen LogP contribution is -2.41. The Bertz CT molecular complexity index is 611. The number of benzene rings is 1. The van der Waals surface area contributed by atoms with E-state index in [9.17, 15) is 9.59 Å². The predicted octanol–water partition coefficient (Wildman–Crippen LogP) is 2.68. The summed E-state index contributed by atoms with van der Waals surface area (Å²) in [5.74, 6) is 0.788. The molecule has 0 spiro atoms. The summed E-state index contributed by atoms with van der Waals surface area (Å²) in [5, 5.41) is 2.84. The largest absolute Gasteiger partial charge is 0.493 e. The molecule has 1 fully saturated rings. The molecule has 0 aliphatic heterocycles. The predicted molar refractivity (Wildman–Crippen MR) is 92.4 cm³/mol. The second kappa shape index (κ2) is 7.55. The Labute approximate surface area is 143 Å². The van der Waals surface area contributed by atoms with Gasteiger partial charge in [0.15, 0.2) is 11.5 Å². The van der Waals surface area contributed by atoms with E-state index in [0.717, 1.165) is 12.8 Å². The van der Waals surface area contributed by atoms with Gasteiger partial charge in [-0.3, -0.25) is 9.59 Å². The van der Waals surface area contributed by atoms with E-state index in [-0.39, 0.29) is 11.8 Å². The van der Waals surface area contributed by atoms with Crippen LogP contribution in [0.3, 0.4) is 0 Å². The highest BCUT2D eigenvalue weighted by Crippen LogP contribution is 2.48. The number of methoxy groups -OCH3 is 2. The number of carbonyl (C=O) groups is 2. The summed E-state index contributed by atoms with van der Waals surface area (Å²) in [6.45, 7) is 2.76. The summed E-state index contributed by atoms with van der Waals surface area (Å²) in [5.41, 5.74) is -0.316. The van der Waals surface area contributed by atoms with Gasteiger partial charge in [0.2, 0.25) is 11.8 Å². The minimum absolute atomic E-state index is 0.0890. The molecule has 6 heteroatoms. The molecule has 0 aromatic heterocycles. The number of amides is 2. The summed E-state index contributed by atoms with van der Waals surface area (Å²) in [4.78, 5) is 26.9. The van der Waals surface area contributed by atoms with E-state index in [1.54, 1.807) is 37.3 Å². The average molecular weight is 334 g/mol. The quantitative estimate of drug-likeness (QED) is 0.742. The fourth-order valence-corrected chi connectivity index (χ4v) is 2.69. The Morgan fingerprint density at radius 2 is 1.88 bits per heavy atom. The van der Waals surface area contributed by atoms with Crippen LogP contribution in [-0.2, 0) is 9.59 Å². The molecule has 0 unspecified atom stereocenters. The van der Waals surface area contributed by atoms with Crippen molar-refractivity contribution >= 4 is 17.5 Å².